The fourth-order valence-corrected chi connectivity index (χ4v) is 3.19. The Morgan fingerprint density at radius 3 is 2.60 bits per heavy atom. The maximum atomic E-state index is 13.3. The monoisotopic (exact) mass is 268 g/mol. The largest absolute Gasteiger partial charge is 0.312 e. The molecule has 0 fully saturated rings. The first-order chi connectivity index (χ1) is 9.72. The van der Waals surface area contributed by atoms with Gasteiger partial charge in [0.1, 0.15) is 5.82 Å². The van der Waals surface area contributed by atoms with E-state index in [1.807, 2.05) is 4.90 Å². The molecular formula is C16H13FN2O. The topological polar surface area (TPSA) is 33.2 Å². The van der Waals surface area contributed by atoms with Gasteiger partial charge in [0.05, 0.1) is 11.9 Å². The summed E-state index contributed by atoms with van der Waals surface area (Å²) in [5.41, 5.74) is 5.25. The standard InChI is InChI=1S/C16H13FN2O/c17-14-7-13(8-18-9-14)12-5-10-1-2-15(20)19-4-3-11(6-12)16(10)19/h5-9H,1-4H2. The number of halogens is 1. The highest BCUT2D eigenvalue weighted by Crippen LogP contribution is 2.39. The van der Waals surface area contributed by atoms with Gasteiger partial charge in [0.2, 0.25) is 5.91 Å². The van der Waals surface area contributed by atoms with Crippen LogP contribution in [0.4, 0.5) is 10.1 Å². The SMILES string of the molecule is O=C1CCc2cc(-c3cncc(F)c3)cc3c2N1CC3. The minimum absolute atomic E-state index is 0.219. The van der Waals surface area contributed by atoms with Crippen LogP contribution >= 0.6 is 0 Å². The van der Waals surface area contributed by atoms with Crippen molar-refractivity contribution in [2.45, 2.75) is 19.3 Å². The second-order valence-electron chi connectivity index (χ2n) is 5.33. The zero-order valence-corrected chi connectivity index (χ0v) is 10.9. The molecule has 0 radical (unpaired) electrons. The lowest BCUT2D eigenvalue weighted by Crippen LogP contribution is -2.32. The summed E-state index contributed by atoms with van der Waals surface area (Å²) < 4.78 is 13.3. The minimum Gasteiger partial charge on any atom is -0.312 e. The summed E-state index contributed by atoms with van der Waals surface area (Å²) in [4.78, 5) is 17.7. The van der Waals surface area contributed by atoms with Crippen molar-refractivity contribution in [3.8, 4) is 11.1 Å². The molecule has 0 saturated heterocycles. The number of pyridine rings is 1. The number of hydrogen-bond acceptors (Lipinski definition) is 2. The molecule has 100 valence electrons. The van der Waals surface area contributed by atoms with Gasteiger partial charge in [-0.2, -0.15) is 0 Å². The summed E-state index contributed by atoms with van der Waals surface area (Å²) in [5.74, 6) is -0.107. The van der Waals surface area contributed by atoms with Crippen LogP contribution in [0, 0.1) is 5.82 Å². The summed E-state index contributed by atoms with van der Waals surface area (Å²) in [6, 6.07) is 5.63. The molecule has 2 aliphatic heterocycles. The van der Waals surface area contributed by atoms with Gasteiger partial charge in [-0.25, -0.2) is 4.39 Å². The van der Waals surface area contributed by atoms with E-state index in [1.165, 1.54) is 23.4 Å². The Morgan fingerprint density at radius 2 is 1.80 bits per heavy atom. The lowest BCUT2D eigenvalue weighted by atomic mass is 9.94. The number of benzene rings is 1. The van der Waals surface area contributed by atoms with Crippen LogP contribution < -0.4 is 4.90 Å². The molecule has 3 nitrogen and oxygen atoms in total. The third-order valence-corrected chi connectivity index (χ3v) is 4.09. The number of aromatic nitrogens is 1. The number of rotatable bonds is 1. The van der Waals surface area contributed by atoms with E-state index in [1.54, 1.807) is 6.20 Å². The number of aryl methyl sites for hydroxylation is 1. The molecule has 4 rings (SSSR count). The Bertz CT molecular complexity index is 726. The highest BCUT2D eigenvalue weighted by molar-refractivity contribution is 5.99. The lowest BCUT2D eigenvalue weighted by Gasteiger charge is -2.25. The van der Waals surface area contributed by atoms with Gasteiger partial charge in [0.25, 0.3) is 0 Å². The fraction of sp³-hybridized carbons (Fsp3) is 0.250. The molecule has 0 bridgehead atoms. The number of hydrogen-bond donors (Lipinski definition) is 0. The molecule has 2 aromatic rings. The Balaban J connectivity index is 1.87. The molecule has 0 N–H and O–H groups in total. The molecule has 3 heterocycles. The minimum atomic E-state index is -0.326. The Kier molecular flexibility index (Phi) is 2.39. The normalized spacial score (nSPS) is 16.4. The van der Waals surface area contributed by atoms with Crippen LogP contribution in [0.25, 0.3) is 11.1 Å². The molecule has 4 heteroatoms. The van der Waals surface area contributed by atoms with Crippen molar-refractivity contribution >= 4 is 11.6 Å². The average Bonchev–Trinajstić information content (AvgIpc) is 2.88. The van der Waals surface area contributed by atoms with Crippen LogP contribution in [0.1, 0.15) is 17.5 Å². The summed E-state index contributed by atoms with van der Waals surface area (Å²) in [5, 5.41) is 0. The van der Waals surface area contributed by atoms with Crippen molar-refractivity contribution in [2.24, 2.45) is 0 Å². The first-order valence-electron chi connectivity index (χ1n) is 6.79. The van der Waals surface area contributed by atoms with E-state index in [4.69, 9.17) is 0 Å². The van der Waals surface area contributed by atoms with Crippen molar-refractivity contribution in [1.82, 2.24) is 4.98 Å². The van der Waals surface area contributed by atoms with Gasteiger partial charge < -0.3 is 4.90 Å². The molecule has 1 aromatic carbocycles. The van der Waals surface area contributed by atoms with E-state index in [0.717, 1.165) is 36.2 Å². The zero-order valence-electron chi connectivity index (χ0n) is 10.9. The number of amides is 1. The summed E-state index contributed by atoms with van der Waals surface area (Å²) in [6.07, 6.45) is 5.11. The molecule has 20 heavy (non-hydrogen) atoms. The van der Waals surface area contributed by atoms with Crippen LogP contribution in [0.2, 0.25) is 0 Å². The van der Waals surface area contributed by atoms with Crippen molar-refractivity contribution in [3.05, 3.63) is 47.5 Å². The molecule has 0 spiro atoms. The summed E-state index contributed by atoms with van der Waals surface area (Å²) in [7, 11) is 0. The quantitative estimate of drug-likeness (QED) is 0.796. The van der Waals surface area contributed by atoms with Gasteiger partial charge >= 0.3 is 0 Å². The van der Waals surface area contributed by atoms with Gasteiger partial charge in [-0.3, -0.25) is 9.78 Å². The molecule has 0 unspecified atom stereocenters. The van der Waals surface area contributed by atoms with Crippen LogP contribution in [0.5, 0.6) is 0 Å². The molecule has 0 atom stereocenters. The van der Waals surface area contributed by atoms with E-state index < -0.39 is 0 Å². The fourth-order valence-electron chi connectivity index (χ4n) is 3.19. The maximum Gasteiger partial charge on any atom is 0.227 e. The van der Waals surface area contributed by atoms with E-state index in [-0.39, 0.29) is 11.7 Å². The molecular weight excluding hydrogens is 255 g/mol. The predicted octanol–water partition coefficient (Wildman–Crippen LogP) is 2.72. The van der Waals surface area contributed by atoms with E-state index in [0.29, 0.717) is 6.42 Å². The van der Waals surface area contributed by atoms with Crippen molar-refractivity contribution in [1.29, 1.82) is 0 Å². The highest BCUT2D eigenvalue weighted by Gasteiger charge is 2.31. The van der Waals surface area contributed by atoms with Crippen LogP contribution in [0.15, 0.2) is 30.6 Å². The molecule has 1 amide bonds. The smallest absolute Gasteiger partial charge is 0.227 e. The lowest BCUT2D eigenvalue weighted by molar-refractivity contribution is -0.118. The van der Waals surface area contributed by atoms with Crippen molar-refractivity contribution in [3.63, 3.8) is 0 Å². The Labute approximate surface area is 116 Å². The second-order valence-corrected chi connectivity index (χ2v) is 5.33. The number of carbonyl (C=O) groups excluding carboxylic acids is 1. The Morgan fingerprint density at radius 1 is 1.00 bits per heavy atom. The van der Waals surface area contributed by atoms with Crippen molar-refractivity contribution < 1.29 is 9.18 Å². The van der Waals surface area contributed by atoms with E-state index in [2.05, 4.69) is 17.1 Å². The average molecular weight is 268 g/mol. The molecule has 1 aromatic heterocycles. The van der Waals surface area contributed by atoms with E-state index >= 15 is 0 Å². The van der Waals surface area contributed by atoms with Crippen molar-refractivity contribution in [2.75, 3.05) is 11.4 Å². The molecule has 2 aliphatic rings. The van der Waals surface area contributed by atoms with Gasteiger partial charge in [0, 0.05) is 24.7 Å². The van der Waals surface area contributed by atoms with Crippen LogP contribution in [-0.2, 0) is 17.6 Å². The first kappa shape index (κ1) is 11.6. The van der Waals surface area contributed by atoms with Gasteiger partial charge in [-0.05, 0) is 47.7 Å². The first-order valence-corrected chi connectivity index (χ1v) is 6.79. The Hall–Kier alpha value is -2.23. The van der Waals surface area contributed by atoms with Gasteiger partial charge in [0.15, 0.2) is 0 Å². The number of nitrogens with zero attached hydrogens (tertiary/aromatic N) is 2. The molecule has 0 aliphatic carbocycles. The maximum absolute atomic E-state index is 13.3. The third kappa shape index (κ3) is 1.64. The van der Waals surface area contributed by atoms with Gasteiger partial charge in [-0.1, -0.05) is 0 Å². The van der Waals surface area contributed by atoms with Gasteiger partial charge in [-0.15, -0.1) is 0 Å². The second kappa shape index (κ2) is 4.13. The molecule has 0 saturated carbocycles. The van der Waals surface area contributed by atoms with Crippen LogP contribution in [0.3, 0.4) is 0 Å². The van der Waals surface area contributed by atoms with Crippen LogP contribution in [-0.4, -0.2) is 17.4 Å². The number of anilines is 1. The highest BCUT2D eigenvalue weighted by atomic mass is 19.1. The number of carbonyl (C=O) groups is 1. The third-order valence-electron chi connectivity index (χ3n) is 4.09. The predicted molar refractivity (Wildman–Crippen MR) is 74.0 cm³/mol. The van der Waals surface area contributed by atoms with E-state index in [9.17, 15) is 9.18 Å². The summed E-state index contributed by atoms with van der Waals surface area (Å²) in [6.45, 7) is 0.770. The summed E-state index contributed by atoms with van der Waals surface area (Å²) >= 11 is 0. The zero-order chi connectivity index (χ0) is 13.7.